The van der Waals surface area contributed by atoms with E-state index in [-0.39, 0.29) is 0 Å². The van der Waals surface area contributed by atoms with Crippen molar-refractivity contribution in [2.45, 2.75) is 13.3 Å². The zero-order chi connectivity index (χ0) is 6.62. The van der Waals surface area contributed by atoms with Crippen LogP contribution in [0, 0.1) is 12.0 Å². The molecule has 8 heavy (non-hydrogen) atoms. The van der Waals surface area contributed by atoms with Crippen LogP contribution < -0.4 is 0 Å². The molecule has 0 atom stereocenters. The highest BCUT2D eigenvalue weighted by Crippen LogP contribution is 2.14. The maximum atomic E-state index is 10.9. The second kappa shape index (κ2) is 2.46. The van der Waals surface area contributed by atoms with Crippen LogP contribution in [0.2, 0.25) is 0 Å². The molecule has 0 aromatic carbocycles. The lowest BCUT2D eigenvalue weighted by Gasteiger charge is -1.97. The van der Waals surface area contributed by atoms with Crippen molar-refractivity contribution in [3.8, 4) is 12.0 Å². The van der Waals surface area contributed by atoms with Crippen LogP contribution in [-0.2, 0) is 4.74 Å². The molecule has 46 valence electrons. The molecular weight excluding hydrogens is 121 g/mol. The Labute approximate surface area is 44.4 Å². The zero-order valence-corrected chi connectivity index (χ0v) is 4.04. The summed E-state index contributed by atoms with van der Waals surface area (Å²) in [6.45, 7) is 1.26. The van der Waals surface area contributed by atoms with E-state index >= 15 is 0 Å². The first kappa shape index (κ1) is 7.15. The first-order chi connectivity index (χ1) is 3.56. The lowest BCUT2D eigenvalue weighted by Crippen LogP contribution is -2.08. The van der Waals surface area contributed by atoms with E-state index in [0.717, 1.165) is 0 Å². The summed E-state index contributed by atoms with van der Waals surface area (Å²) in [4.78, 5) is 0. The fraction of sp³-hybridized carbons (Fsp3) is 0.500. The summed E-state index contributed by atoms with van der Waals surface area (Å²) in [5.74, 6) is 1.93. The quantitative estimate of drug-likeness (QED) is 0.444. The molecule has 0 aromatic heterocycles. The molecule has 1 nitrogen and oxygen atoms in total. The van der Waals surface area contributed by atoms with Crippen LogP contribution in [0.15, 0.2) is 0 Å². The number of rotatable bonds is 0. The monoisotopic (exact) mass is 124 g/mol. The predicted octanol–water partition coefficient (Wildman–Crippen LogP) is 1.50. The Morgan fingerprint density at radius 3 is 2.00 bits per heavy atom. The highest BCUT2D eigenvalue weighted by atomic mass is 19.4. The number of hydrogen-bond acceptors (Lipinski definition) is 1. The summed E-state index contributed by atoms with van der Waals surface area (Å²) in [7, 11) is 0. The van der Waals surface area contributed by atoms with E-state index < -0.39 is 6.36 Å². The van der Waals surface area contributed by atoms with E-state index in [1.54, 1.807) is 0 Å². The molecule has 0 saturated carbocycles. The molecule has 0 aliphatic carbocycles. The van der Waals surface area contributed by atoms with Gasteiger partial charge in [-0.05, 0) is 0 Å². The first-order valence-electron chi connectivity index (χ1n) is 1.73. The Hall–Kier alpha value is -0.850. The van der Waals surface area contributed by atoms with Crippen molar-refractivity contribution in [2.24, 2.45) is 0 Å². The van der Waals surface area contributed by atoms with Crippen molar-refractivity contribution in [3.05, 3.63) is 0 Å². The van der Waals surface area contributed by atoms with Crippen molar-refractivity contribution in [3.63, 3.8) is 0 Å². The minimum Gasteiger partial charge on any atom is -0.352 e. The summed E-state index contributed by atoms with van der Waals surface area (Å²) < 4.78 is 35.8. The van der Waals surface area contributed by atoms with E-state index in [2.05, 4.69) is 4.74 Å². The fourth-order valence-electron chi connectivity index (χ4n) is 0.109. The molecule has 0 unspecified atom stereocenters. The van der Waals surface area contributed by atoms with Gasteiger partial charge >= 0.3 is 6.36 Å². The average Bonchev–Trinajstić information content (AvgIpc) is 1.59. The molecule has 0 radical (unpaired) electrons. The number of hydrogen-bond donors (Lipinski definition) is 0. The molecule has 0 bridgehead atoms. The van der Waals surface area contributed by atoms with Crippen LogP contribution in [0.5, 0.6) is 0 Å². The van der Waals surface area contributed by atoms with Crippen LogP contribution in [0.1, 0.15) is 6.92 Å². The zero-order valence-electron chi connectivity index (χ0n) is 4.04. The molecule has 0 amide bonds. The Morgan fingerprint density at radius 1 is 1.38 bits per heavy atom. The molecule has 0 saturated heterocycles. The maximum Gasteiger partial charge on any atom is 0.581 e. The van der Waals surface area contributed by atoms with E-state index in [1.807, 2.05) is 5.92 Å². The lowest BCUT2D eigenvalue weighted by molar-refractivity contribution is -0.291. The molecule has 4 heteroatoms. The van der Waals surface area contributed by atoms with Crippen LogP contribution in [0.4, 0.5) is 13.2 Å². The molecule has 0 aliphatic heterocycles. The van der Waals surface area contributed by atoms with Gasteiger partial charge < -0.3 is 4.74 Å². The second-order valence-corrected chi connectivity index (χ2v) is 0.900. The minimum absolute atomic E-state index is 1.26. The number of halogens is 3. The number of alkyl halides is 3. The number of ether oxygens (including phenoxy) is 1. The molecule has 0 spiro atoms. The maximum absolute atomic E-state index is 10.9. The van der Waals surface area contributed by atoms with Crippen molar-refractivity contribution in [2.75, 3.05) is 0 Å². The van der Waals surface area contributed by atoms with E-state index in [4.69, 9.17) is 0 Å². The lowest BCUT2D eigenvalue weighted by atomic mass is 10.8. The van der Waals surface area contributed by atoms with Crippen LogP contribution in [0.25, 0.3) is 0 Å². The van der Waals surface area contributed by atoms with Gasteiger partial charge in [0.05, 0.1) is 0 Å². The molecule has 0 heterocycles. The van der Waals surface area contributed by atoms with Crippen molar-refractivity contribution in [1.29, 1.82) is 0 Å². The van der Waals surface area contributed by atoms with Crippen molar-refractivity contribution in [1.82, 2.24) is 0 Å². The van der Waals surface area contributed by atoms with Crippen LogP contribution >= 0.6 is 0 Å². The summed E-state index contributed by atoms with van der Waals surface area (Å²) in [5, 5.41) is 0. The summed E-state index contributed by atoms with van der Waals surface area (Å²) in [6.07, 6.45) is -3.21. The molecular formula is C4H3F3O. The minimum atomic E-state index is -4.62. The Balaban J connectivity index is 3.50. The van der Waals surface area contributed by atoms with Gasteiger partial charge in [-0.2, -0.15) is 0 Å². The Kier molecular flexibility index (Phi) is 2.19. The molecule has 0 N–H and O–H groups in total. The largest absolute Gasteiger partial charge is 0.581 e. The first-order valence-corrected chi connectivity index (χ1v) is 1.73. The molecule has 0 rings (SSSR count). The molecule has 0 fully saturated rings. The van der Waals surface area contributed by atoms with Gasteiger partial charge in [0.2, 0.25) is 0 Å². The third kappa shape index (κ3) is 5.15. The predicted molar refractivity (Wildman–Crippen MR) is 20.6 cm³/mol. The highest BCUT2D eigenvalue weighted by molar-refractivity contribution is 4.85. The average molecular weight is 124 g/mol. The molecule has 0 aromatic rings. The van der Waals surface area contributed by atoms with Gasteiger partial charge in [-0.15, -0.1) is 13.2 Å². The highest BCUT2D eigenvalue weighted by Gasteiger charge is 2.29. The van der Waals surface area contributed by atoms with Gasteiger partial charge in [-0.25, -0.2) is 0 Å². The van der Waals surface area contributed by atoms with E-state index in [1.165, 1.54) is 13.0 Å². The second-order valence-electron chi connectivity index (χ2n) is 0.900. The summed E-state index contributed by atoms with van der Waals surface area (Å²) in [6, 6.07) is 0. The Bertz CT molecular complexity index is 115. The van der Waals surface area contributed by atoms with Gasteiger partial charge in [-0.3, -0.25) is 0 Å². The third-order valence-electron chi connectivity index (χ3n) is 0.269. The third-order valence-corrected chi connectivity index (χ3v) is 0.269. The molecule has 0 aliphatic rings. The summed E-state index contributed by atoms with van der Waals surface area (Å²) in [5.41, 5.74) is 0. The van der Waals surface area contributed by atoms with E-state index in [0.29, 0.717) is 0 Å². The fourth-order valence-corrected chi connectivity index (χ4v) is 0.109. The van der Waals surface area contributed by atoms with E-state index in [9.17, 15) is 13.2 Å². The van der Waals surface area contributed by atoms with Gasteiger partial charge in [0.15, 0.2) is 0 Å². The van der Waals surface area contributed by atoms with Crippen LogP contribution in [0.3, 0.4) is 0 Å². The normalized spacial score (nSPS) is 9.50. The Morgan fingerprint density at radius 2 is 1.88 bits per heavy atom. The van der Waals surface area contributed by atoms with Crippen molar-refractivity contribution >= 4 is 0 Å². The van der Waals surface area contributed by atoms with Gasteiger partial charge in [0, 0.05) is 6.92 Å². The van der Waals surface area contributed by atoms with Crippen LogP contribution in [-0.4, -0.2) is 6.36 Å². The summed E-state index contributed by atoms with van der Waals surface area (Å²) >= 11 is 0. The smallest absolute Gasteiger partial charge is 0.352 e. The van der Waals surface area contributed by atoms with Crippen molar-refractivity contribution < 1.29 is 17.9 Å². The topological polar surface area (TPSA) is 9.23 Å². The van der Waals surface area contributed by atoms with Gasteiger partial charge in [0.1, 0.15) is 6.11 Å². The van der Waals surface area contributed by atoms with Gasteiger partial charge in [0.25, 0.3) is 0 Å². The van der Waals surface area contributed by atoms with Gasteiger partial charge in [-0.1, -0.05) is 5.92 Å². The SMILES string of the molecule is CC#COC(F)(F)F. The standard InChI is InChI=1S/C4H3F3O/c1-2-3-8-4(5,6)7/h1H3.